The molecule has 0 aliphatic carbocycles. The van der Waals surface area contributed by atoms with E-state index >= 15 is 0 Å². The van der Waals surface area contributed by atoms with E-state index in [1.54, 1.807) is 0 Å². The van der Waals surface area contributed by atoms with Gasteiger partial charge in [-0.2, -0.15) is 12.1 Å². The molecule has 0 N–H and O–H groups in total. The molecule has 0 saturated carbocycles. The summed E-state index contributed by atoms with van der Waals surface area (Å²) in [4.78, 5) is 0. The van der Waals surface area contributed by atoms with Crippen molar-refractivity contribution < 1.29 is 17.1 Å². The quantitative estimate of drug-likeness (QED) is 0.422. The van der Waals surface area contributed by atoms with Crippen molar-refractivity contribution >= 4 is 5.57 Å². The Labute approximate surface area is 109 Å². The zero-order chi connectivity index (χ0) is 10.9. The standard InChI is InChI=1S/C10H11.C5H5.Fe/c1-3-6-9(2)10-7-4-5-8-10;1-2-4-5-3-1;/h3-8H,1H2,2H3;1-5H;/q-1;-5;. The van der Waals surface area contributed by atoms with Gasteiger partial charge in [0.25, 0.3) is 0 Å². The van der Waals surface area contributed by atoms with Crippen LogP contribution in [0.5, 0.6) is 0 Å². The second-order valence-corrected chi connectivity index (χ2v) is 3.22. The van der Waals surface area contributed by atoms with Crippen LogP contribution in [-0.2, 0) is 17.1 Å². The number of allylic oxidation sites excluding steroid dienone is 3. The summed E-state index contributed by atoms with van der Waals surface area (Å²) >= 11 is 0. The summed E-state index contributed by atoms with van der Waals surface area (Å²) in [6.45, 7) is 5.71. The van der Waals surface area contributed by atoms with Crippen LogP contribution >= 0.6 is 0 Å². The van der Waals surface area contributed by atoms with Gasteiger partial charge in [0.15, 0.2) is 0 Å². The summed E-state index contributed by atoms with van der Waals surface area (Å²) in [7, 11) is 0. The van der Waals surface area contributed by atoms with Crippen LogP contribution in [0.4, 0.5) is 0 Å². The van der Waals surface area contributed by atoms with Crippen molar-refractivity contribution in [3.05, 3.63) is 78.9 Å². The summed E-state index contributed by atoms with van der Waals surface area (Å²) < 4.78 is 0. The third-order valence-corrected chi connectivity index (χ3v) is 2.04. The molecule has 2 aromatic carbocycles. The summed E-state index contributed by atoms with van der Waals surface area (Å²) in [5, 5.41) is 0. The van der Waals surface area contributed by atoms with Gasteiger partial charge in [0.1, 0.15) is 0 Å². The first-order chi connectivity index (χ1) is 7.34. The Morgan fingerprint density at radius 1 is 1.06 bits per heavy atom. The molecular formula is C15H16Fe-6. The van der Waals surface area contributed by atoms with Gasteiger partial charge >= 0.3 is 0 Å². The fourth-order valence-corrected chi connectivity index (χ4v) is 1.23. The zero-order valence-corrected chi connectivity index (χ0v) is 10.5. The molecule has 0 bridgehead atoms. The van der Waals surface area contributed by atoms with Crippen molar-refractivity contribution in [1.29, 1.82) is 0 Å². The summed E-state index contributed by atoms with van der Waals surface area (Å²) in [5.74, 6) is 0. The Hall–Kier alpha value is -1.30. The molecule has 0 amide bonds. The van der Waals surface area contributed by atoms with Crippen molar-refractivity contribution in [2.24, 2.45) is 0 Å². The number of rotatable bonds is 2. The minimum absolute atomic E-state index is 0. The van der Waals surface area contributed by atoms with Crippen LogP contribution in [0.25, 0.3) is 5.57 Å². The molecule has 0 saturated heterocycles. The molecule has 0 aliphatic heterocycles. The molecule has 0 radical (unpaired) electrons. The molecule has 0 aliphatic rings. The smallest absolute Gasteiger partial charge is 0 e. The SMILES string of the molecule is C=CC=C(C)[c-]1cccc1.[Fe].[cH-]1[cH-][cH-][cH-][cH-]1. The summed E-state index contributed by atoms with van der Waals surface area (Å²) in [5.41, 5.74) is 2.54. The van der Waals surface area contributed by atoms with Crippen molar-refractivity contribution in [2.75, 3.05) is 0 Å². The van der Waals surface area contributed by atoms with Gasteiger partial charge in [-0.1, -0.05) is 6.92 Å². The van der Waals surface area contributed by atoms with E-state index in [0.29, 0.717) is 0 Å². The Kier molecular flexibility index (Phi) is 8.24. The van der Waals surface area contributed by atoms with E-state index in [-0.39, 0.29) is 17.1 Å². The van der Waals surface area contributed by atoms with Crippen LogP contribution in [0.1, 0.15) is 12.5 Å². The Morgan fingerprint density at radius 2 is 1.50 bits per heavy atom. The van der Waals surface area contributed by atoms with E-state index in [1.165, 1.54) is 11.1 Å². The monoisotopic (exact) mass is 252 g/mol. The molecular weight excluding hydrogens is 236 g/mol. The topological polar surface area (TPSA) is 0 Å². The summed E-state index contributed by atoms with van der Waals surface area (Å²) in [6, 6.07) is 18.3. The molecule has 0 atom stereocenters. The van der Waals surface area contributed by atoms with E-state index in [2.05, 4.69) is 25.6 Å². The first-order valence-corrected chi connectivity index (χ1v) is 5.02. The first kappa shape index (κ1) is 14.7. The Balaban J connectivity index is 0.000000318. The Bertz CT molecular complexity index is 360. The van der Waals surface area contributed by atoms with Crippen molar-refractivity contribution in [3.63, 3.8) is 0 Å². The van der Waals surface area contributed by atoms with Crippen LogP contribution < -0.4 is 0 Å². The molecule has 0 unspecified atom stereocenters. The van der Waals surface area contributed by atoms with Gasteiger partial charge in [-0.25, -0.2) is 0 Å². The van der Waals surface area contributed by atoms with Crippen LogP contribution in [0.3, 0.4) is 0 Å². The second-order valence-electron chi connectivity index (χ2n) is 3.22. The third kappa shape index (κ3) is 5.55. The minimum atomic E-state index is 0. The van der Waals surface area contributed by atoms with Gasteiger partial charge in [0.2, 0.25) is 0 Å². The number of hydrogen-bond donors (Lipinski definition) is 0. The summed E-state index contributed by atoms with van der Waals surface area (Å²) in [6.07, 6.45) is 3.82. The second kappa shape index (κ2) is 8.96. The van der Waals surface area contributed by atoms with E-state index in [1.807, 2.05) is 54.6 Å². The van der Waals surface area contributed by atoms with Gasteiger partial charge in [-0.05, 0) is 0 Å². The van der Waals surface area contributed by atoms with Crippen molar-refractivity contribution in [1.82, 2.24) is 0 Å². The molecule has 16 heavy (non-hydrogen) atoms. The number of hydrogen-bond acceptors (Lipinski definition) is 0. The molecule has 0 spiro atoms. The average Bonchev–Trinajstić information content (AvgIpc) is 2.95. The largest absolute Gasteiger partial charge is 0.748 e. The predicted molar refractivity (Wildman–Crippen MR) is 67.9 cm³/mol. The van der Waals surface area contributed by atoms with Gasteiger partial charge in [0.05, 0.1) is 0 Å². The molecule has 2 rings (SSSR count). The maximum absolute atomic E-state index is 3.63. The molecule has 0 nitrogen and oxygen atoms in total. The van der Waals surface area contributed by atoms with Crippen LogP contribution in [0.15, 0.2) is 73.3 Å². The molecule has 0 aromatic heterocycles. The van der Waals surface area contributed by atoms with Crippen LogP contribution in [0, 0.1) is 0 Å². The minimum Gasteiger partial charge on any atom is -0.748 e. The van der Waals surface area contributed by atoms with E-state index in [0.717, 1.165) is 0 Å². The van der Waals surface area contributed by atoms with E-state index in [4.69, 9.17) is 0 Å². The molecule has 0 heterocycles. The maximum atomic E-state index is 3.63. The Morgan fingerprint density at radius 3 is 1.88 bits per heavy atom. The van der Waals surface area contributed by atoms with Gasteiger partial charge in [-0.3, -0.25) is 0 Å². The molecule has 1 heteroatoms. The van der Waals surface area contributed by atoms with Gasteiger partial charge in [0, 0.05) is 17.1 Å². The normalized spacial score (nSPS) is 9.69. The van der Waals surface area contributed by atoms with E-state index in [9.17, 15) is 0 Å². The molecule has 2 aromatic rings. The zero-order valence-electron chi connectivity index (χ0n) is 9.41. The molecule has 90 valence electrons. The average molecular weight is 252 g/mol. The predicted octanol–water partition coefficient (Wildman–Crippen LogP) is 4.40. The van der Waals surface area contributed by atoms with Gasteiger partial charge in [-0.15, -0.1) is 42.0 Å². The van der Waals surface area contributed by atoms with Crippen LogP contribution in [-0.4, -0.2) is 0 Å². The first-order valence-electron chi connectivity index (χ1n) is 5.02. The maximum Gasteiger partial charge on any atom is 0 e. The molecule has 0 fully saturated rings. The van der Waals surface area contributed by atoms with Gasteiger partial charge < -0.3 is 30.3 Å². The van der Waals surface area contributed by atoms with Crippen LogP contribution in [0.2, 0.25) is 0 Å². The fourth-order valence-electron chi connectivity index (χ4n) is 1.23. The fraction of sp³-hybridized carbons (Fsp3) is 0.0667. The van der Waals surface area contributed by atoms with E-state index < -0.39 is 0 Å². The van der Waals surface area contributed by atoms with Crippen molar-refractivity contribution in [2.45, 2.75) is 6.92 Å². The van der Waals surface area contributed by atoms with Crippen molar-refractivity contribution in [3.8, 4) is 0 Å². The third-order valence-electron chi connectivity index (χ3n) is 2.04.